The predicted molar refractivity (Wildman–Crippen MR) is 199 cm³/mol. The minimum absolute atomic E-state index is 0.0327. The van der Waals surface area contributed by atoms with Gasteiger partial charge in [0.05, 0.1) is 17.9 Å². The van der Waals surface area contributed by atoms with Crippen molar-refractivity contribution in [2.45, 2.75) is 145 Å². The fraction of sp³-hybridized carbons (Fsp3) is 0.750. The molecular weight excluding hydrogens is 657 g/mol. The van der Waals surface area contributed by atoms with E-state index < -0.39 is 28.9 Å². The number of halogens is 1. The number of aliphatic hydroxyl groups excluding tert-OH is 1. The first-order valence-corrected chi connectivity index (χ1v) is 20.0. The molecular formula is C44H64FNO6. The lowest BCUT2D eigenvalue weighted by atomic mass is 9.33. The summed E-state index contributed by atoms with van der Waals surface area (Å²) >= 11 is 0. The van der Waals surface area contributed by atoms with Gasteiger partial charge in [-0.1, -0.05) is 66.2 Å². The van der Waals surface area contributed by atoms with Crippen LogP contribution in [0.5, 0.6) is 0 Å². The lowest BCUT2D eigenvalue weighted by Gasteiger charge is -2.72. The molecule has 1 aromatic carbocycles. The molecule has 4 saturated carbocycles. The maximum atomic E-state index is 14.0. The van der Waals surface area contributed by atoms with Gasteiger partial charge in [0.2, 0.25) is 0 Å². The summed E-state index contributed by atoms with van der Waals surface area (Å²) in [7, 11) is 0. The van der Waals surface area contributed by atoms with Crippen molar-refractivity contribution < 1.29 is 33.7 Å². The van der Waals surface area contributed by atoms with E-state index in [1.165, 1.54) is 17.7 Å². The summed E-state index contributed by atoms with van der Waals surface area (Å²) in [6, 6.07) is 6.44. The van der Waals surface area contributed by atoms with E-state index in [9.17, 15) is 29.0 Å². The van der Waals surface area contributed by atoms with E-state index in [1.54, 1.807) is 26.0 Å². The third-order valence-electron chi connectivity index (χ3n) is 16.1. The van der Waals surface area contributed by atoms with Gasteiger partial charge in [0, 0.05) is 30.3 Å². The molecule has 288 valence electrons. The summed E-state index contributed by atoms with van der Waals surface area (Å²) in [6.07, 6.45) is 6.91. The van der Waals surface area contributed by atoms with E-state index in [1.807, 2.05) is 0 Å². The molecule has 3 N–H and O–H groups in total. The molecule has 8 heteroatoms. The van der Waals surface area contributed by atoms with Crippen molar-refractivity contribution >= 4 is 17.7 Å². The van der Waals surface area contributed by atoms with Crippen LogP contribution in [-0.2, 0) is 25.7 Å². The van der Waals surface area contributed by atoms with E-state index in [4.69, 9.17) is 4.74 Å². The normalized spacial score (nSPS) is 37.5. The molecule has 0 heterocycles. The first-order valence-electron chi connectivity index (χ1n) is 20.0. The Balaban J connectivity index is 1.26. The van der Waals surface area contributed by atoms with Crippen LogP contribution in [0.4, 0.5) is 4.39 Å². The molecule has 4 fully saturated rings. The van der Waals surface area contributed by atoms with Gasteiger partial charge >= 0.3 is 11.9 Å². The van der Waals surface area contributed by atoms with Crippen molar-refractivity contribution in [1.29, 1.82) is 0 Å². The standard InChI is InChI=1S/C44H64FNO6/c1-26(2)36-30(47)22-44(33(48)25-46-24-27-10-12-28(45)13-11-27)21-20-42(8)29(37(36)44)14-15-32-41(7)18-17-34(52-35(49)23-39(3,4)38(50)51)40(5,6)31(41)16-19-43(32,42)9/h10-13,26,29,31-34,46,48H,14-25H2,1-9H3,(H,50,51). The molecule has 7 nitrogen and oxygen atoms in total. The summed E-state index contributed by atoms with van der Waals surface area (Å²) in [5.74, 6) is -0.356. The van der Waals surface area contributed by atoms with Crippen LogP contribution in [0.3, 0.4) is 0 Å². The quantitative estimate of drug-likeness (QED) is 0.207. The van der Waals surface area contributed by atoms with Crippen molar-refractivity contribution in [3.05, 3.63) is 46.8 Å². The number of carbonyl (C=O) groups is 3. The van der Waals surface area contributed by atoms with Crippen LogP contribution in [-0.4, -0.2) is 46.7 Å². The Morgan fingerprint density at radius 3 is 2.25 bits per heavy atom. The van der Waals surface area contributed by atoms with Gasteiger partial charge in [0.1, 0.15) is 11.9 Å². The Morgan fingerprint density at radius 2 is 1.62 bits per heavy atom. The number of aliphatic carboxylic acids is 1. The van der Waals surface area contributed by atoms with Crippen molar-refractivity contribution in [1.82, 2.24) is 5.32 Å². The molecule has 9 atom stereocenters. The van der Waals surface area contributed by atoms with E-state index in [-0.39, 0.29) is 57.6 Å². The number of esters is 1. The largest absolute Gasteiger partial charge is 0.481 e. The smallest absolute Gasteiger partial charge is 0.309 e. The molecule has 9 unspecified atom stereocenters. The van der Waals surface area contributed by atoms with Crippen molar-refractivity contribution in [3.63, 3.8) is 0 Å². The number of hydrogen-bond donors (Lipinski definition) is 3. The number of carboxylic acids is 1. The summed E-state index contributed by atoms with van der Waals surface area (Å²) in [5.41, 5.74) is 1.22. The van der Waals surface area contributed by atoms with Crippen LogP contribution >= 0.6 is 0 Å². The third-order valence-corrected chi connectivity index (χ3v) is 16.1. The average Bonchev–Trinajstić information content (AvgIpc) is 3.36. The molecule has 5 aliphatic carbocycles. The number of carboxylic acid groups (broad SMARTS) is 1. The van der Waals surface area contributed by atoms with Crippen LogP contribution in [0, 0.1) is 62.0 Å². The SMILES string of the molecule is CC(C)C1=C2C3CCC4C5(C)CCC(OC(=O)CC(C)(C)C(=O)O)C(C)(C)C5CCC4(C)C3(C)CCC2(C(O)CNCc2ccc(F)cc2)CC1=O. The van der Waals surface area contributed by atoms with Crippen LogP contribution < -0.4 is 5.32 Å². The number of benzene rings is 1. The monoisotopic (exact) mass is 721 g/mol. The number of nitrogens with one attached hydrogen (secondary N) is 1. The first kappa shape index (κ1) is 39.1. The summed E-state index contributed by atoms with van der Waals surface area (Å²) in [6.45, 7) is 20.4. The molecule has 52 heavy (non-hydrogen) atoms. The van der Waals surface area contributed by atoms with E-state index in [2.05, 4.69) is 53.8 Å². The number of carbonyl (C=O) groups excluding carboxylic acids is 2. The van der Waals surface area contributed by atoms with Crippen LogP contribution in [0.2, 0.25) is 0 Å². The number of aliphatic hydroxyl groups is 1. The van der Waals surface area contributed by atoms with Gasteiger partial charge in [0.25, 0.3) is 0 Å². The van der Waals surface area contributed by atoms with Crippen molar-refractivity contribution in [2.75, 3.05) is 6.54 Å². The van der Waals surface area contributed by atoms with Crippen LogP contribution in [0.25, 0.3) is 0 Å². The fourth-order valence-corrected chi connectivity index (χ4v) is 13.1. The highest BCUT2D eigenvalue weighted by atomic mass is 19.1. The van der Waals surface area contributed by atoms with Gasteiger partial charge in [-0.25, -0.2) is 4.39 Å². The maximum Gasteiger partial charge on any atom is 0.309 e. The Hall–Kier alpha value is -2.58. The average molecular weight is 722 g/mol. The molecule has 6 rings (SSSR count). The molecule has 5 aliphatic rings. The molecule has 1 aromatic rings. The predicted octanol–water partition coefficient (Wildman–Crippen LogP) is 8.67. The molecule has 0 radical (unpaired) electrons. The zero-order valence-corrected chi connectivity index (χ0v) is 33.2. The van der Waals surface area contributed by atoms with Gasteiger partial charge < -0.3 is 20.3 Å². The topological polar surface area (TPSA) is 113 Å². The lowest BCUT2D eigenvalue weighted by molar-refractivity contribution is -0.235. The van der Waals surface area contributed by atoms with Gasteiger partial charge in [-0.15, -0.1) is 0 Å². The number of Topliss-reactive ketones (excluding diaryl/α,β-unsaturated/α-hetero) is 1. The van der Waals surface area contributed by atoms with Crippen molar-refractivity contribution in [2.24, 2.45) is 56.2 Å². The minimum Gasteiger partial charge on any atom is -0.481 e. The van der Waals surface area contributed by atoms with E-state index in [0.717, 1.165) is 62.5 Å². The number of allylic oxidation sites excluding steroid dienone is 1. The van der Waals surface area contributed by atoms with Gasteiger partial charge in [-0.3, -0.25) is 14.4 Å². The summed E-state index contributed by atoms with van der Waals surface area (Å²) < 4.78 is 19.6. The highest BCUT2D eigenvalue weighted by molar-refractivity contribution is 6.00. The Morgan fingerprint density at radius 1 is 0.942 bits per heavy atom. The Kier molecular flexibility index (Phi) is 10.0. The first-order chi connectivity index (χ1) is 24.1. The van der Waals surface area contributed by atoms with E-state index >= 15 is 0 Å². The summed E-state index contributed by atoms with van der Waals surface area (Å²) in [5, 5.41) is 25.1. The second kappa shape index (κ2) is 13.3. The fourth-order valence-electron chi connectivity index (χ4n) is 13.1. The van der Waals surface area contributed by atoms with Crippen LogP contribution in [0.15, 0.2) is 35.4 Å². The second-order valence-corrected chi connectivity index (χ2v) is 19.8. The molecule has 0 amide bonds. The Bertz CT molecular complexity index is 1610. The zero-order chi connectivity index (χ0) is 38.2. The van der Waals surface area contributed by atoms with Gasteiger partial charge in [-0.05, 0) is 128 Å². The highest BCUT2D eigenvalue weighted by Crippen LogP contribution is 2.77. The Labute approximate surface area is 310 Å². The molecule has 0 aliphatic heterocycles. The van der Waals surface area contributed by atoms with Crippen molar-refractivity contribution in [3.8, 4) is 0 Å². The van der Waals surface area contributed by atoms with Gasteiger partial charge in [0.15, 0.2) is 5.78 Å². The number of rotatable bonds is 10. The van der Waals surface area contributed by atoms with E-state index in [0.29, 0.717) is 31.3 Å². The minimum atomic E-state index is -1.17. The number of fused-ring (bicyclic) bond motifs is 7. The zero-order valence-electron chi connectivity index (χ0n) is 33.2. The third kappa shape index (κ3) is 6.01. The second-order valence-electron chi connectivity index (χ2n) is 19.8. The highest BCUT2D eigenvalue weighted by Gasteiger charge is 2.70. The molecule has 0 spiro atoms. The molecule has 0 saturated heterocycles. The van der Waals surface area contributed by atoms with Gasteiger partial charge in [-0.2, -0.15) is 0 Å². The lowest BCUT2D eigenvalue weighted by Crippen LogP contribution is -2.66. The molecule has 0 aromatic heterocycles. The van der Waals surface area contributed by atoms with Crippen LogP contribution in [0.1, 0.15) is 132 Å². The number of ketones is 1. The summed E-state index contributed by atoms with van der Waals surface area (Å²) in [4.78, 5) is 38.8. The molecule has 0 bridgehead atoms. The number of ether oxygens (including phenoxy) is 1. The maximum absolute atomic E-state index is 14.0. The number of hydrogen-bond acceptors (Lipinski definition) is 6.